The smallest absolute Gasteiger partial charge is 0.340 e. The van der Waals surface area contributed by atoms with Crippen molar-refractivity contribution < 1.29 is 19.1 Å². The summed E-state index contributed by atoms with van der Waals surface area (Å²) in [6.07, 6.45) is 0. The zero-order valence-corrected chi connectivity index (χ0v) is 15.4. The molecule has 1 fully saturated rings. The number of rotatable bonds is 5. The van der Waals surface area contributed by atoms with E-state index in [4.69, 9.17) is 9.47 Å². The highest BCUT2D eigenvalue weighted by Crippen LogP contribution is 2.28. The topological polar surface area (TPSA) is 92.5 Å². The number of nitriles is 1. The summed E-state index contributed by atoms with van der Waals surface area (Å²) < 4.78 is 10.2. The Morgan fingerprint density at radius 1 is 1.48 bits per heavy atom. The highest BCUT2D eigenvalue weighted by molar-refractivity contribution is 8.00. The Bertz CT molecular complexity index is 696. The molecule has 25 heavy (non-hydrogen) atoms. The summed E-state index contributed by atoms with van der Waals surface area (Å²) in [6, 6.07) is 3.53. The molecule has 0 spiro atoms. The van der Waals surface area contributed by atoms with E-state index in [1.165, 1.54) is 17.8 Å². The first-order chi connectivity index (χ1) is 12.0. The van der Waals surface area contributed by atoms with E-state index >= 15 is 0 Å². The maximum absolute atomic E-state index is 12.5. The zero-order valence-electron chi connectivity index (χ0n) is 14.6. The number of morpholine rings is 1. The highest BCUT2D eigenvalue weighted by atomic mass is 32.2. The first kappa shape index (κ1) is 19.2. The van der Waals surface area contributed by atoms with Gasteiger partial charge in [-0.1, -0.05) is 11.8 Å². The Hall–Kier alpha value is -2.11. The second-order valence-corrected chi connectivity index (χ2v) is 6.83. The number of thioether (sulfide) groups is 1. The van der Waals surface area contributed by atoms with Gasteiger partial charge in [0.2, 0.25) is 5.91 Å². The largest absolute Gasteiger partial charge is 0.462 e. The van der Waals surface area contributed by atoms with Crippen LogP contribution in [0.5, 0.6) is 0 Å². The Labute approximate surface area is 151 Å². The van der Waals surface area contributed by atoms with Gasteiger partial charge in [0.25, 0.3) is 0 Å². The number of amides is 1. The summed E-state index contributed by atoms with van der Waals surface area (Å²) in [7, 11) is 0. The van der Waals surface area contributed by atoms with E-state index in [2.05, 4.69) is 4.98 Å². The van der Waals surface area contributed by atoms with Gasteiger partial charge in [0, 0.05) is 13.1 Å². The van der Waals surface area contributed by atoms with Crippen molar-refractivity contribution in [1.29, 1.82) is 5.26 Å². The van der Waals surface area contributed by atoms with Gasteiger partial charge in [0.15, 0.2) is 0 Å². The van der Waals surface area contributed by atoms with E-state index in [1.807, 2.05) is 6.07 Å². The molecular formula is C17H21N3O4S. The number of hydrogen-bond donors (Lipinski definition) is 0. The minimum atomic E-state index is -0.502. The van der Waals surface area contributed by atoms with Crippen molar-refractivity contribution >= 4 is 23.6 Å². The molecule has 1 aromatic rings. The Morgan fingerprint density at radius 3 is 2.76 bits per heavy atom. The summed E-state index contributed by atoms with van der Waals surface area (Å²) >= 11 is 1.23. The third kappa shape index (κ3) is 4.71. The average molecular weight is 363 g/mol. The first-order valence-electron chi connectivity index (χ1n) is 8.10. The molecule has 2 rings (SSSR count). The van der Waals surface area contributed by atoms with Crippen molar-refractivity contribution in [2.75, 3.05) is 32.9 Å². The standard InChI is InChI=1S/C17H21N3O4S/c1-4-24-17(22)14-9-13(10-18)15(19-11(14)2)25-12(3)16(21)20-5-7-23-8-6-20/h9,12H,4-8H2,1-3H3. The zero-order chi connectivity index (χ0) is 18.4. The van der Waals surface area contributed by atoms with Crippen LogP contribution in [-0.4, -0.2) is 59.9 Å². The number of nitrogens with zero attached hydrogens (tertiary/aromatic N) is 3. The number of carbonyl (C=O) groups is 2. The molecule has 0 bridgehead atoms. The molecule has 134 valence electrons. The molecule has 0 aromatic carbocycles. The van der Waals surface area contributed by atoms with Crippen molar-refractivity contribution in [1.82, 2.24) is 9.88 Å². The normalized spacial score (nSPS) is 15.4. The molecule has 1 aromatic heterocycles. The van der Waals surface area contributed by atoms with Crippen LogP contribution in [0, 0.1) is 18.3 Å². The maximum atomic E-state index is 12.5. The third-order valence-corrected chi connectivity index (χ3v) is 4.84. The summed E-state index contributed by atoms with van der Waals surface area (Å²) in [4.78, 5) is 30.6. The lowest BCUT2D eigenvalue weighted by Gasteiger charge is -2.29. The molecule has 8 heteroatoms. The fraction of sp³-hybridized carbons (Fsp3) is 0.529. The molecule has 2 heterocycles. The van der Waals surface area contributed by atoms with Crippen LogP contribution in [0.25, 0.3) is 0 Å². The van der Waals surface area contributed by atoms with Crippen LogP contribution in [-0.2, 0) is 14.3 Å². The molecule has 1 saturated heterocycles. The Kier molecular flexibility index (Phi) is 6.79. The lowest BCUT2D eigenvalue weighted by Crippen LogP contribution is -2.44. The fourth-order valence-corrected chi connectivity index (χ4v) is 3.43. The van der Waals surface area contributed by atoms with E-state index in [9.17, 15) is 14.9 Å². The summed E-state index contributed by atoms with van der Waals surface area (Å²) in [6.45, 7) is 7.67. The van der Waals surface area contributed by atoms with Gasteiger partial charge in [0.05, 0.1) is 41.9 Å². The minimum absolute atomic E-state index is 0.00823. The quantitative estimate of drug-likeness (QED) is 0.581. The van der Waals surface area contributed by atoms with Crippen molar-refractivity contribution in [3.63, 3.8) is 0 Å². The fourth-order valence-electron chi connectivity index (χ4n) is 2.43. The van der Waals surface area contributed by atoms with E-state index in [1.54, 1.807) is 25.7 Å². The van der Waals surface area contributed by atoms with E-state index in [0.717, 1.165) is 0 Å². The number of aromatic nitrogens is 1. The Morgan fingerprint density at radius 2 is 2.16 bits per heavy atom. The van der Waals surface area contributed by atoms with E-state index in [-0.39, 0.29) is 28.9 Å². The molecule has 0 N–H and O–H groups in total. The van der Waals surface area contributed by atoms with Crippen LogP contribution in [0.3, 0.4) is 0 Å². The second-order valence-electron chi connectivity index (χ2n) is 5.50. The predicted molar refractivity (Wildman–Crippen MR) is 92.4 cm³/mol. The first-order valence-corrected chi connectivity index (χ1v) is 8.98. The molecule has 1 unspecified atom stereocenters. The molecular weight excluding hydrogens is 342 g/mol. The lowest BCUT2D eigenvalue weighted by molar-refractivity contribution is -0.134. The number of ether oxygens (including phenoxy) is 2. The number of carbonyl (C=O) groups excluding carboxylic acids is 2. The third-order valence-electron chi connectivity index (χ3n) is 3.75. The predicted octanol–water partition coefficient (Wildman–Crippen LogP) is 1.78. The number of esters is 1. The van der Waals surface area contributed by atoms with Crippen molar-refractivity contribution in [3.8, 4) is 6.07 Å². The van der Waals surface area contributed by atoms with Crippen LogP contribution in [0.15, 0.2) is 11.1 Å². The van der Waals surface area contributed by atoms with Gasteiger partial charge in [-0.3, -0.25) is 4.79 Å². The Balaban J connectivity index is 2.18. The van der Waals surface area contributed by atoms with Gasteiger partial charge in [-0.15, -0.1) is 0 Å². The average Bonchev–Trinajstić information content (AvgIpc) is 2.62. The molecule has 1 atom stereocenters. The summed E-state index contributed by atoms with van der Waals surface area (Å²) in [5.74, 6) is -0.510. The van der Waals surface area contributed by atoms with Gasteiger partial charge >= 0.3 is 5.97 Å². The number of pyridine rings is 1. The van der Waals surface area contributed by atoms with E-state index < -0.39 is 5.97 Å². The minimum Gasteiger partial charge on any atom is -0.462 e. The molecule has 7 nitrogen and oxygen atoms in total. The van der Waals surface area contributed by atoms with Crippen LogP contribution < -0.4 is 0 Å². The molecule has 0 radical (unpaired) electrons. The van der Waals surface area contributed by atoms with Crippen LogP contribution >= 0.6 is 11.8 Å². The van der Waals surface area contributed by atoms with Gasteiger partial charge in [-0.2, -0.15) is 5.26 Å². The van der Waals surface area contributed by atoms with Gasteiger partial charge < -0.3 is 14.4 Å². The second kappa shape index (κ2) is 8.83. The van der Waals surface area contributed by atoms with Gasteiger partial charge in [0.1, 0.15) is 11.1 Å². The number of aryl methyl sites for hydroxylation is 1. The molecule has 1 amide bonds. The van der Waals surface area contributed by atoms with Crippen molar-refractivity contribution in [3.05, 3.63) is 22.9 Å². The number of hydrogen-bond acceptors (Lipinski definition) is 7. The lowest BCUT2D eigenvalue weighted by atomic mass is 10.1. The molecule has 1 aliphatic rings. The molecule has 0 aliphatic carbocycles. The molecule has 0 saturated carbocycles. The maximum Gasteiger partial charge on any atom is 0.340 e. The van der Waals surface area contributed by atoms with Gasteiger partial charge in [-0.05, 0) is 26.8 Å². The summed E-state index contributed by atoms with van der Waals surface area (Å²) in [5.41, 5.74) is 1.01. The summed E-state index contributed by atoms with van der Waals surface area (Å²) in [5, 5.41) is 9.44. The van der Waals surface area contributed by atoms with Crippen LogP contribution in [0.4, 0.5) is 0 Å². The highest BCUT2D eigenvalue weighted by Gasteiger charge is 2.25. The van der Waals surface area contributed by atoms with Gasteiger partial charge in [-0.25, -0.2) is 9.78 Å². The van der Waals surface area contributed by atoms with Crippen molar-refractivity contribution in [2.45, 2.75) is 31.0 Å². The molecule has 1 aliphatic heterocycles. The van der Waals surface area contributed by atoms with Crippen LogP contribution in [0.2, 0.25) is 0 Å². The SMILES string of the molecule is CCOC(=O)c1cc(C#N)c(SC(C)C(=O)N2CCOCC2)nc1C. The van der Waals surface area contributed by atoms with Crippen LogP contribution in [0.1, 0.15) is 35.5 Å². The monoisotopic (exact) mass is 363 g/mol. The van der Waals surface area contributed by atoms with E-state index in [0.29, 0.717) is 37.0 Å². The van der Waals surface area contributed by atoms with Crippen molar-refractivity contribution in [2.24, 2.45) is 0 Å².